The number of benzene rings is 1. The number of nitrogens with zero attached hydrogens (tertiary/aromatic N) is 5. The van der Waals surface area contributed by atoms with Gasteiger partial charge in [-0.25, -0.2) is 4.98 Å². The van der Waals surface area contributed by atoms with Crippen LogP contribution in [0.3, 0.4) is 0 Å². The van der Waals surface area contributed by atoms with E-state index in [1.54, 1.807) is 6.33 Å². The van der Waals surface area contributed by atoms with Gasteiger partial charge in [0, 0.05) is 30.8 Å². The molecule has 1 amide bonds. The van der Waals surface area contributed by atoms with Gasteiger partial charge in [0.25, 0.3) is 5.91 Å². The number of H-pyrrole nitrogens is 1. The number of likely N-dealkylation sites (tertiary alicyclic amines) is 1. The molecular formula is C19H18N6O. The summed E-state index contributed by atoms with van der Waals surface area (Å²) in [5.41, 5.74) is 3.33. The van der Waals surface area contributed by atoms with Crippen molar-refractivity contribution in [1.82, 2.24) is 29.5 Å². The molecule has 4 aromatic rings. The molecule has 26 heavy (non-hydrogen) atoms. The zero-order valence-electron chi connectivity index (χ0n) is 14.2. The zero-order chi connectivity index (χ0) is 17.5. The average Bonchev–Trinajstić information content (AvgIpc) is 3.34. The minimum Gasteiger partial charge on any atom is -0.345 e. The van der Waals surface area contributed by atoms with E-state index in [4.69, 9.17) is 0 Å². The Labute approximate surface area is 149 Å². The molecule has 0 aliphatic carbocycles. The van der Waals surface area contributed by atoms with Crippen LogP contribution in [-0.4, -0.2) is 48.5 Å². The van der Waals surface area contributed by atoms with E-state index in [-0.39, 0.29) is 5.91 Å². The van der Waals surface area contributed by atoms with Gasteiger partial charge < -0.3 is 9.88 Å². The minimum atomic E-state index is 0.0750. The van der Waals surface area contributed by atoms with Crippen molar-refractivity contribution >= 4 is 22.6 Å². The highest BCUT2D eigenvalue weighted by Crippen LogP contribution is 2.28. The normalized spacial score (nSPS) is 15.8. The van der Waals surface area contributed by atoms with E-state index in [2.05, 4.69) is 20.2 Å². The summed E-state index contributed by atoms with van der Waals surface area (Å²) in [6.07, 6.45) is 5.44. The number of rotatable bonds is 2. The number of imidazole rings is 1. The molecule has 0 spiro atoms. The number of fused-ring (bicyclic) bond motifs is 2. The van der Waals surface area contributed by atoms with Gasteiger partial charge in [-0.05, 0) is 43.2 Å². The van der Waals surface area contributed by atoms with Gasteiger partial charge in [-0.1, -0.05) is 6.07 Å². The van der Waals surface area contributed by atoms with Crippen molar-refractivity contribution in [3.63, 3.8) is 0 Å². The van der Waals surface area contributed by atoms with Crippen molar-refractivity contribution < 1.29 is 4.79 Å². The van der Waals surface area contributed by atoms with E-state index in [9.17, 15) is 4.79 Å². The predicted octanol–water partition coefficient (Wildman–Crippen LogP) is 2.63. The van der Waals surface area contributed by atoms with Crippen LogP contribution in [0.5, 0.6) is 0 Å². The van der Waals surface area contributed by atoms with Gasteiger partial charge in [0.15, 0.2) is 5.65 Å². The average molecular weight is 346 g/mol. The molecule has 1 aliphatic heterocycles. The van der Waals surface area contributed by atoms with E-state index in [1.165, 1.54) is 0 Å². The van der Waals surface area contributed by atoms with Crippen LogP contribution in [0, 0.1) is 0 Å². The number of piperidine rings is 1. The van der Waals surface area contributed by atoms with Crippen LogP contribution in [0.25, 0.3) is 16.7 Å². The van der Waals surface area contributed by atoms with E-state index < -0.39 is 0 Å². The summed E-state index contributed by atoms with van der Waals surface area (Å²) in [7, 11) is 0. The molecule has 1 N–H and O–H groups in total. The Morgan fingerprint density at radius 1 is 1.12 bits per heavy atom. The largest absolute Gasteiger partial charge is 0.345 e. The first kappa shape index (κ1) is 15.1. The van der Waals surface area contributed by atoms with Crippen LogP contribution in [-0.2, 0) is 0 Å². The van der Waals surface area contributed by atoms with E-state index in [0.717, 1.165) is 48.4 Å². The molecule has 0 saturated carbocycles. The van der Waals surface area contributed by atoms with Crippen LogP contribution >= 0.6 is 0 Å². The lowest BCUT2D eigenvalue weighted by atomic mass is 9.95. The molecule has 3 aromatic heterocycles. The summed E-state index contributed by atoms with van der Waals surface area (Å²) in [6.45, 7) is 1.46. The van der Waals surface area contributed by atoms with Gasteiger partial charge in [0.05, 0.1) is 17.4 Å². The molecule has 0 atom stereocenters. The summed E-state index contributed by atoms with van der Waals surface area (Å²) in [4.78, 5) is 22.0. The SMILES string of the molecule is O=C(c1ccc2nc[nH]c2c1)N1CCC(c2nnc3ccccn23)CC1. The number of hydrogen-bond acceptors (Lipinski definition) is 4. The highest BCUT2D eigenvalue weighted by atomic mass is 16.2. The van der Waals surface area contributed by atoms with Crippen molar-refractivity contribution in [3.8, 4) is 0 Å². The van der Waals surface area contributed by atoms with Crippen molar-refractivity contribution in [1.29, 1.82) is 0 Å². The summed E-state index contributed by atoms with van der Waals surface area (Å²) >= 11 is 0. The van der Waals surface area contributed by atoms with Crippen LogP contribution in [0.2, 0.25) is 0 Å². The Bertz CT molecular complexity index is 1090. The number of aromatic amines is 1. The van der Waals surface area contributed by atoms with Crippen LogP contribution in [0.15, 0.2) is 48.9 Å². The molecule has 1 aliphatic rings. The molecule has 7 heteroatoms. The van der Waals surface area contributed by atoms with E-state index in [1.807, 2.05) is 51.9 Å². The highest BCUT2D eigenvalue weighted by molar-refractivity contribution is 5.97. The molecule has 5 rings (SSSR count). The summed E-state index contributed by atoms with van der Waals surface area (Å²) < 4.78 is 2.05. The Kier molecular flexibility index (Phi) is 3.44. The van der Waals surface area contributed by atoms with E-state index >= 15 is 0 Å². The monoisotopic (exact) mass is 346 g/mol. The maximum absolute atomic E-state index is 12.8. The van der Waals surface area contributed by atoms with Crippen LogP contribution < -0.4 is 0 Å². The topological polar surface area (TPSA) is 79.2 Å². The summed E-state index contributed by atoms with van der Waals surface area (Å²) in [5.74, 6) is 1.39. The lowest BCUT2D eigenvalue weighted by Crippen LogP contribution is -2.38. The number of nitrogens with one attached hydrogen (secondary N) is 1. The second kappa shape index (κ2) is 5.94. The lowest BCUT2D eigenvalue weighted by Gasteiger charge is -2.31. The fourth-order valence-corrected chi connectivity index (χ4v) is 3.73. The van der Waals surface area contributed by atoms with Gasteiger partial charge in [0.1, 0.15) is 5.82 Å². The van der Waals surface area contributed by atoms with Crippen molar-refractivity contribution in [2.45, 2.75) is 18.8 Å². The molecule has 1 aromatic carbocycles. The highest BCUT2D eigenvalue weighted by Gasteiger charge is 2.27. The smallest absolute Gasteiger partial charge is 0.253 e. The zero-order valence-corrected chi connectivity index (χ0v) is 14.2. The summed E-state index contributed by atoms with van der Waals surface area (Å²) in [6, 6.07) is 11.5. The molecule has 1 fully saturated rings. The first-order valence-electron chi connectivity index (χ1n) is 8.82. The van der Waals surface area contributed by atoms with Gasteiger partial charge in [-0.15, -0.1) is 10.2 Å². The van der Waals surface area contributed by atoms with E-state index in [0.29, 0.717) is 11.5 Å². The minimum absolute atomic E-state index is 0.0750. The maximum atomic E-state index is 12.8. The van der Waals surface area contributed by atoms with Gasteiger partial charge in [-0.3, -0.25) is 9.20 Å². The quantitative estimate of drug-likeness (QED) is 0.605. The van der Waals surface area contributed by atoms with Gasteiger partial charge in [-0.2, -0.15) is 0 Å². The van der Waals surface area contributed by atoms with Crippen molar-refractivity contribution in [2.75, 3.05) is 13.1 Å². The number of pyridine rings is 1. The molecule has 0 radical (unpaired) electrons. The Morgan fingerprint density at radius 3 is 2.88 bits per heavy atom. The number of aromatic nitrogens is 5. The first-order valence-corrected chi connectivity index (χ1v) is 8.82. The number of carbonyl (C=O) groups is 1. The summed E-state index contributed by atoms with van der Waals surface area (Å²) in [5, 5.41) is 8.62. The Balaban J connectivity index is 1.32. The van der Waals surface area contributed by atoms with Crippen molar-refractivity contribution in [3.05, 3.63) is 60.3 Å². The maximum Gasteiger partial charge on any atom is 0.253 e. The molecule has 1 saturated heterocycles. The lowest BCUT2D eigenvalue weighted by molar-refractivity contribution is 0.0711. The second-order valence-corrected chi connectivity index (χ2v) is 6.69. The van der Waals surface area contributed by atoms with Gasteiger partial charge in [0.2, 0.25) is 0 Å². The number of hydrogen-bond donors (Lipinski definition) is 1. The molecule has 0 unspecified atom stereocenters. The third-order valence-corrected chi connectivity index (χ3v) is 5.15. The predicted molar refractivity (Wildman–Crippen MR) is 97.0 cm³/mol. The molecule has 0 bridgehead atoms. The standard InChI is InChI=1S/C19H18N6O/c26-19(14-4-5-15-16(11-14)21-12-20-15)24-9-6-13(7-10-24)18-23-22-17-3-1-2-8-25(17)18/h1-5,8,11-13H,6-7,9-10H2,(H,20,21). The number of carbonyl (C=O) groups excluding carboxylic acids is 1. The fraction of sp³-hybridized carbons (Fsp3) is 0.263. The Morgan fingerprint density at radius 2 is 2.00 bits per heavy atom. The number of amides is 1. The second-order valence-electron chi connectivity index (χ2n) is 6.69. The molecule has 7 nitrogen and oxygen atoms in total. The Hall–Kier alpha value is -3.22. The van der Waals surface area contributed by atoms with Crippen molar-refractivity contribution in [2.24, 2.45) is 0 Å². The van der Waals surface area contributed by atoms with Crippen LogP contribution in [0.1, 0.15) is 34.9 Å². The van der Waals surface area contributed by atoms with Crippen LogP contribution in [0.4, 0.5) is 0 Å². The van der Waals surface area contributed by atoms with Gasteiger partial charge >= 0.3 is 0 Å². The molecular weight excluding hydrogens is 328 g/mol. The molecule has 130 valence electrons. The molecule has 4 heterocycles. The fourth-order valence-electron chi connectivity index (χ4n) is 3.73. The third kappa shape index (κ3) is 2.44. The first-order chi connectivity index (χ1) is 12.8. The third-order valence-electron chi connectivity index (χ3n) is 5.15.